The molecule has 1 saturated carbocycles. The lowest BCUT2D eigenvalue weighted by molar-refractivity contribution is 0.0723. The van der Waals surface area contributed by atoms with Gasteiger partial charge in [-0.05, 0) is 63.3 Å². The van der Waals surface area contributed by atoms with Crippen LogP contribution in [0.15, 0.2) is 29.1 Å². The van der Waals surface area contributed by atoms with E-state index in [1.165, 1.54) is 25.7 Å². The Morgan fingerprint density at radius 3 is 2.50 bits per heavy atom. The molecular weight excluding hydrogens is 376 g/mol. The summed E-state index contributed by atoms with van der Waals surface area (Å²) in [5.74, 6) is 2.25. The highest BCUT2D eigenvalue weighted by atomic mass is 16.5. The van der Waals surface area contributed by atoms with E-state index >= 15 is 0 Å². The molecule has 1 aliphatic heterocycles. The van der Waals surface area contributed by atoms with Crippen molar-refractivity contribution in [1.29, 1.82) is 0 Å². The minimum absolute atomic E-state index is 0.101. The van der Waals surface area contributed by atoms with Gasteiger partial charge in [0, 0.05) is 23.0 Å². The zero-order valence-electron chi connectivity index (χ0n) is 18.7. The second kappa shape index (κ2) is 8.80. The average Bonchev–Trinajstić information content (AvgIpc) is 2.75. The number of anilines is 2. The van der Waals surface area contributed by atoms with E-state index in [9.17, 15) is 4.79 Å². The van der Waals surface area contributed by atoms with Crippen molar-refractivity contribution in [2.24, 2.45) is 5.92 Å². The van der Waals surface area contributed by atoms with Gasteiger partial charge in [-0.2, -0.15) is 0 Å². The summed E-state index contributed by atoms with van der Waals surface area (Å²) in [6.07, 6.45) is 5.75. The van der Waals surface area contributed by atoms with Crippen molar-refractivity contribution in [3.63, 3.8) is 0 Å². The normalized spacial score (nSPS) is 22.1. The van der Waals surface area contributed by atoms with Crippen LogP contribution >= 0.6 is 0 Å². The quantitative estimate of drug-likeness (QED) is 0.728. The van der Waals surface area contributed by atoms with Crippen LogP contribution in [0.4, 0.5) is 11.6 Å². The van der Waals surface area contributed by atoms with Crippen LogP contribution in [0.5, 0.6) is 5.75 Å². The Bertz CT molecular complexity index is 937. The smallest absolute Gasteiger partial charge is 0.259 e. The minimum atomic E-state index is 0.101. The Balaban J connectivity index is 1.77. The van der Waals surface area contributed by atoms with Crippen molar-refractivity contribution < 1.29 is 4.74 Å². The highest BCUT2D eigenvalue weighted by molar-refractivity contribution is 5.59. The summed E-state index contributed by atoms with van der Waals surface area (Å²) in [5.41, 5.74) is 2.80. The molecule has 0 amide bonds. The first kappa shape index (κ1) is 20.9. The maximum atomic E-state index is 13.3. The van der Waals surface area contributed by atoms with Gasteiger partial charge in [0.1, 0.15) is 5.75 Å². The fourth-order valence-electron chi connectivity index (χ4n) is 5.03. The maximum absolute atomic E-state index is 13.3. The summed E-state index contributed by atoms with van der Waals surface area (Å²) in [5, 5.41) is 0. The van der Waals surface area contributed by atoms with E-state index in [1.807, 2.05) is 37.5 Å². The third-order valence-electron chi connectivity index (χ3n) is 6.68. The molecule has 4 rings (SSSR count). The van der Waals surface area contributed by atoms with E-state index in [1.54, 1.807) is 0 Å². The van der Waals surface area contributed by atoms with Gasteiger partial charge in [-0.1, -0.05) is 26.7 Å². The van der Waals surface area contributed by atoms with E-state index in [0.717, 1.165) is 35.3 Å². The number of benzene rings is 1. The lowest BCUT2D eigenvalue weighted by Crippen LogP contribution is -2.53. The molecule has 1 aromatic carbocycles. The fraction of sp³-hybridized carbons (Fsp3) is 0.583. The summed E-state index contributed by atoms with van der Waals surface area (Å²) in [4.78, 5) is 22.9. The zero-order valence-corrected chi connectivity index (χ0v) is 18.7. The molecule has 2 atom stereocenters. The van der Waals surface area contributed by atoms with Gasteiger partial charge >= 0.3 is 0 Å². The van der Waals surface area contributed by atoms with Gasteiger partial charge in [-0.3, -0.25) is 19.2 Å². The molecule has 1 aliphatic carbocycles. The molecule has 0 saturated heterocycles. The molecule has 2 heterocycles. The van der Waals surface area contributed by atoms with E-state index in [-0.39, 0.29) is 5.56 Å². The SMILES string of the molecule is CCOc1ccc(N2CN(C3CCCCC3C)Cn3c2nc(C)c(CC)c3=O)cc1. The molecule has 2 aliphatic rings. The minimum Gasteiger partial charge on any atom is -0.494 e. The molecule has 30 heavy (non-hydrogen) atoms. The number of ether oxygens (including phenoxy) is 1. The van der Waals surface area contributed by atoms with Crippen molar-refractivity contribution in [2.75, 3.05) is 18.2 Å². The Labute approximate surface area is 179 Å². The van der Waals surface area contributed by atoms with Crippen LogP contribution in [-0.2, 0) is 13.1 Å². The van der Waals surface area contributed by atoms with E-state index in [0.29, 0.717) is 31.7 Å². The largest absolute Gasteiger partial charge is 0.494 e. The zero-order chi connectivity index (χ0) is 21.3. The monoisotopic (exact) mass is 410 g/mol. The van der Waals surface area contributed by atoms with Crippen LogP contribution in [0.25, 0.3) is 0 Å². The Hall–Kier alpha value is -2.34. The van der Waals surface area contributed by atoms with Gasteiger partial charge in [0.2, 0.25) is 5.95 Å². The first-order valence-corrected chi connectivity index (χ1v) is 11.4. The molecular formula is C24H34N4O2. The number of hydrogen-bond donors (Lipinski definition) is 0. The Kier molecular flexibility index (Phi) is 6.14. The van der Waals surface area contributed by atoms with Gasteiger partial charge in [0.05, 0.1) is 19.9 Å². The van der Waals surface area contributed by atoms with Crippen LogP contribution in [0, 0.1) is 12.8 Å². The maximum Gasteiger partial charge on any atom is 0.259 e. The highest BCUT2D eigenvalue weighted by Gasteiger charge is 2.34. The summed E-state index contributed by atoms with van der Waals surface area (Å²) in [7, 11) is 0. The van der Waals surface area contributed by atoms with Gasteiger partial charge < -0.3 is 4.74 Å². The van der Waals surface area contributed by atoms with Gasteiger partial charge in [0.25, 0.3) is 5.56 Å². The Morgan fingerprint density at radius 1 is 1.10 bits per heavy atom. The third kappa shape index (κ3) is 3.85. The third-order valence-corrected chi connectivity index (χ3v) is 6.68. The number of hydrogen-bond acceptors (Lipinski definition) is 5. The number of aromatic nitrogens is 2. The summed E-state index contributed by atoms with van der Waals surface area (Å²) < 4.78 is 7.50. The van der Waals surface area contributed by atoms with Crippen molar-refractivity contribution in [3.05, 3.63) is 45.9 Å². The van der Waals surface area contributed by atoms with E-state index < -0.39 is 0 Å². The molecule has 0 bridgehead atoms. The standard InChI is InChI=1S/C24H34N4O2/c1-5-21-18(4)25-24-27(19-11-13-20(14-12-19)30-6-2)15-26(16-28(24)23(21)29)22-10-8-7-9-17(22)3/h11-14,17,22H,5-10,15-16H2,1-4H3. The molecule has 2 aromatic rings. The Morgan fingerprint density at radius 2 is 1.83 bits per heavy atom. The van der Waals surface area contributed by atoms with Crippen molar-refractivity contribution in [3.8, 4) is 5.75 Å². The van der Waals surface area contributed by atoms with Gasteiger partial charge in [-0.15, -0.1) is 0 Å². The number of aryl methyl sites for hydroxylation is 1. The van der Waals surface area contributed by atoms with Crippen molar-refractivity contribution >= 4 is 11.6 Å². The van der Waals surface area contributed by atoms with Crippen LogP contribution in [-0.4, -0.2) is 33.8 Å². The van der Waals surface area contributed by atoms with E-state index in [4.69, 9.17) is 9.72 Å². The molecule has 1 aromatic heterocycles. The van der Waals surface area contributed by atoms with Crippen molar-refractivity contribution in [2.45, 2.75) is 72.5 Å². The molecule has 1 fully saturated rings. The predicted octanol–water partition coefficient (Wildman–Crippen LogP) is 4.46. The molecule has 0 N–H and O–H groups in total. The lowest BCUT2D eigenvalue weighted by Gasteiger charge is -2.45. The van der Waals surface area contributed by atoms with Gasteiger partial charge in [0.15, 0.2) is 0 Å². The summed E-state index contributed by atoms with van der Waals surface area (Å²) in [6, 6.07) is 8.62. The molecule has 6 nitrogen and oxygen atoms in total. The first-order chi connectivity index (χ1) is 14.5. The predicted molar refractivity (Wildman–Crippen MR) is 120 cm³/mol. The first-order valence-electron chi connectivity index (χ1n) is 11.4. The number of rotatable bonds is 5. The summed E-state index contributed by atoms with van der Waals surface area (Å²) >= 11 is 0. The molecule has 2 unspecified atom stereocenters. The van der Waals surface area contributed by atoms with Crippen LogP contribution in [0.3, 0.4) is 0 Å². The molecule has 0 radical (unpaired) electrons. The fourth-order valence-corrected chi connectivity index (χ4v) is 5.03. The lowest BCUT2D eigenvalue weighted by atomic mass is 9.85. The molecule has 162 valence electrons. The number of nitrogens with zero attached hydrogens (tertiary/aromatic N) is 4. The van der Waals surface area contributed by atoms with Crippen molar-refractivity contribution in [1.82, 2.24) is 14.5 Å². The van der Waals surface area contributed by atoms with Gasteiger partial charge in [-0.25, -0.2) is 4.98 Å². The second-order valence-corrected chi connectivity index (χ2v) is 8.62. The second-order valence-electron chi connectivity index (χ2n) is 8.62. The molecule has 6 heteroatoms. The topological polar surface area (TPSA) is 50.6 Å². The van der Waals surface area contributed by atoms with Crippen LogP contribution < -0.4 is 15.2 Å². The average molecular weight is 411 g/mol. The van der Waals surface area contributed by atoms with E-state index in [2.05, 4.69) is 28.9 Å². The summed E-state index contributed by atoms with van der Waals surface area (Å²) in [6.45, 7) is 10.3. The van der Waals surface area contributed by atoms with Crippen LogP contribution in [0.1, 0.15) is 57.7 Å². The number of fused-ring (bicyclic) bond motifs is 1. The molecule has 0 spiro atoms. The van der Waals surface area contributed by atoms with Crippen LogP contribution in [0.2, 0.25) is 0 Å². The highest BCUT2D eigenvalue weighted by Crippen LogP contribution is 2.34.